The highest BCUT2D eigenvalue weighted by Gasteiger charge is 2.67. The Kier molecular flexibility index (Phi) is 46.5. The number of benzene rings is 1. The van der Waals surface area contributed by atoms with Crippen molar-refractivity contribution in [3.05, 3.63) is 120 Å². The highest BCUT2D eigenvalue weighted by atomic mass is 16.7. The Morgan fingerprint density at radius 1 is 0.522 bits per heavy atom. The number of aromatic nitrogens is 10. The molecule has 8 N–H and O–H groups in total. The van der Waals surface area contributed by atoms with E-state index in [1.54, 1.807) is 148 Å². The molecule has 3 saturated carbocycles. The van der Waals surface area contributed by atoms with Crippen molar-refractivity contribution in [3.63, 3.8) is 0 Å². The highest BCUT2D eigenvalue weighted by Crippen LogP contribution is 2.66. The van der Waals surface area contributed by atoms with Gasteiger partial charge in [0.25, 0.3) is 5.91 Å². The third-order valence-electron chi connectivity index (χ3n) is 19.4. The number of rotatable bonds is 22. The number of H-pyrrole nitrogens is 2. The molecule has 2 aliphatic heterocycles. The van der Waals surface area contributed by atoms with Gasteiger partial charge >= 0.3 is 80.0 Å². The molecule has 138 heavy (non-hydrogen) atoms. The first-order valence-corrected chi connectivity index (χ1v) is 44.4. The van der Waals surface area contributed by atoms with Gasteiger partial charge in [0.05, 0.1) is 110 Å². The number of likely N-dealkylation sites (tertiary alicyclic amines) is 1. The number of amides is 5. The smallest absolute Gasteiger partial charge is 0.457 e. The third-order valence-corrected chi connectivity index (χ3v) is 19.4. The number of hydrogen-bond donors (Lipinski definition) is 7. The van der Waals surface area contributed by atoms with Gasteiger partial charge in [0.2, 0.25) is 0 Å². The molecule has 1 aromatic carbocycles. The van der Waals surface area contributed by atoms with E-state index in [1.807, 2.05) is 110 Å². The van der Waals surface area contributed by atoms with Crippen molar-refractivity contribution < 1.29 is 133 Å². The maximum absolute atomic E-state index is 14.0. The van der Waals surface area contributed by atoms with E-state index in [0.29, 0.717) is 47.3 Å². The molecular formula is C93H141BN16O28. The van der Waals surface area contributed by atoms with E-state index < -0.39 is 99.2 Å². The number of aryl methyl sites for hydroxylation is 1. The van der Waals surface area contributed by atoms with Gasteiger partial charge < -0.3 is 108 Å². The Hall–Kier alpha value is -13.0. The third kappa shape index (κ3) is 45.7. The minimum Gasteiger partial charge on any atom is -0.486 e. The molecule has 11 rings (SSSR count). The van der Waals surface area contributed by atoms with Gasteiger partial charge in [-0.05, 0) is 261 Å². The van der Waals surface area contributed by atoms with E-state index in [-0.39, 0.29) is 124 Å². The summed E-state index contributed by atoms with van der Waals surface area (Å²) >= 11 is 0. The monoisotopic (exact) mass is 1940 g/mol. The summed E-state index contributed by atoms with van der Waals surface area (Å²) in [6.45, 7) is 58.1. The van der Waals surface area contributed by atoms with E-state index in [9.17, 15) is 43.2 Å². The van der Waals surface area contributed by atoms with Crippen LogP contribution in [0.25, 0.3) is 0 Å². The van der Waals surface area contributed by atoms with Gasteiger partial charge in [-0.2, -0.15) is 38.4 Å². The van der Waals surface area contributed by atoms with Crippen molar-refractivity contribution in [3.8, 4) is 5.75 Å². The second kappa shape index (κ2) is 53.1. The second-order valence-electron chi connectivity index (χ2n) is 41.2. The van der Waals surface area contributed by atoms with Gasteiger partial charge in [-0.1, -0.05) is 19.9 Å². The van der Waals surface area contributed by atoms with Gasteiger partial charge in [0.1, 0.15) is 81.9 Å². The Morgan fingerprint density at radius 3 is 1.33 bits per heavy atom. The Bertz CT molecular complexity index is 4990. The molecule has 2 saturated heterocycles. The summed E-state index contributed by atoms with van der Waals surface area (Å²) in [5, 5.41) is 10.7. The number of nitrogens with zero attached hydrogens (tertiary/aromatic N) is 9. The molecule has 5 aromatic heterocycles. The lowest BCUT2D eigenvalue weighted by Crippen LogP contribution is -2.65. The van der Waals surface area contributed by atoms with Gasteiger partial charge in [-0.15, -0.1) is 0 Å². The quantitative estimate of drug-likeness (QED) is 0.0188. The molecule has 764 valence electrons. The standard InChI is InChI=1S/C43H63BN4O10.C16H27N3O4.C15H25N3O4.C10H17N3O2.C5H9N3.4CO2/c1-25-26(16-17-44-57-32-19-27-18-31(42(27,11)12)43(32,13)58-44)14-15-30(34(25)37(51)55-40(5,6)7)53-28-20-48(21-28)36(50)35(46-38(52)56-41(8,9)10)29-22-47(24-45-29)23-33(49)54-39(2,3)4;1-11(18-14(21)23-16(5,6)7)12-8-19(10-17-12)9-13(20)22-15(2,3)4;1-14(2,3)21-12(19)9-18-8-11(17-10-18)7-16-13(20)22-15(4,5)6;1-7(8-5-11-6-12-8)13-9(14)15-10(2,3)4;1-4(6)5-2-7-3-8-5;4*2-1-3/h14-15,22,24,27-28,31-32,35H,16-21,23H2,1-13H3,(H,46,52);8,10-11H,9H2,1-7H3,(H,18,21);8,10H,7,9H2,1-6H3,(H,16,20);5-7H,1-4H3,(H,11,12)(H,13,14);2-4H,6H2,1H3,(H,7,8);;;;/t27-,31-,32+,35?,43-;;;;;;;;/m0......../s1. The van der Waals surface area contributed by atoms with Crippen LogP contribution in [0.15, 0.2) is 74.8 Å². The molecule has 2 bridgehead atoms. The number of nitrogens with one attached hydrogen (secondary N) is 6. The van der Waals surface area contributed by atoms with Crippen LogP contribution in [0.3, 0.4) is 0 Å². The lowest BCUT2D eigenvalue weighted by atomic mass is 9.43. The average molecular weight is 1940 g/mol. The minimum atomic E-state index is -1.20. The van der Waals surface area contributed by atoms with Crippen molar-refractivity contribution in [1.29, 1.82) is 0 Å². The van der Waals surface area contributed by atoms with E-state index in [2.05, 4.69) is 76.9 Å². The number of imidazole rings is 5. The fourth-order valence-corrected chi connectivity index (χ4v) is 13.8. The first kappa shape index (κ1) is 121. The van der Waals surface area contributed by atoms with E-state index in [4.69, 9.17) is 96.0 Å². The molecule has 44 nitrogen and oxygen atoms in total. The number of carbonyl (C=O) groups excluding carboxylic acids is 17. The normalized spacial score (nSPS) is 16.9. The van der Waals surface area contributed by atoms with Crippen molar-refractivity contribution in [2.75, 3.05) is 13.1 Å². The van der Waals surface area contributed by atoms with Gasteiger partial charge in [-0.3, -0.25) is 19.2 Å². The molecule has 0 radical (unpaired) electrons. The zero-order chi connectivity index (χ0) is 106. The molecule has 5 fully saturated rings. The van der Waals surface area contributed by atoms with Crippen LogP contribution in [-0.4, -0.2) is 215 Å². The summed E-state index contributed by atoms with van der Waals surface area (Å²) < 4.78 is 67.0. The van der Waals surface area contributed by atoms with E-state index >= 15 is 0 Å². The summed E-state index contributed by atoms with van der Waals surface area (Å²) in [5.41, 5.74) is 6.03. The van der Waals surface area contributed by atoms with Crippen LogP contribution in [0.2, 0.25) is 6.32 Å². The average Bonchev–Trinajstić information content (AvgIpc) is 1.47. The Morgan fingerprint density at radius 2 is 0.920 bits per heavy atom. The first-order valence-electron chi connectivity index (χ1n) is 44.4. The molecule has 7 heterocycles. The lowest BCUT2D eigenvalue weighted by Gasteiger charge is -2.64. The fraction of sp³-hybridized carbons (Fsp3) is 0.634. The van der Waals surface area contributed by atoms with Gasteiger partial charge in [0, 0.05) is 30.8 Å². The van der Waals surface area contributed by atoms with Crippen LogP contribution in [0, 0.1) is 24.2 Å². The maximum Gasteiger partial charge on any atom is 0.457 e. The van der Waals surface area contributed by atoms with Crippen LogP contribution < -0.4 is 31.7 Å². The molecule has 45 heteroatoms. The number of alkyl carbamates (subject to hydrolysis) is 4. The summed E-state index contributed by atoms with van der Waals surface area (Å²) in [5.74, 6) is -0.561. The molecule has 8 atom stereocenters. The van der Waals surface area contributed by atoms with Crippen LogP contribution in [0.5, 0.6) is 5.75 Å². The van der Waals surface area contributed by atoms with E-state index in [0.717, 1.165) is 28.9 Å². The molecule has 3 aliphatic carbocycles. The minimum absolute atomic E-state index is 0.0671. The van der Waals surface area contributed by atoms with Gasteiger partial charge in [0.15, 0.2) is 6.04 Å². The number of ether oxygens (including phenoxy) is 9. The molecule has 6 aromatic rings. The molecule has 5 amide bonds. The predicted octanol–water partition coefficient (Wildman–Crippen LogP) is 11.8. The van der Waals surface area contributed by atoms with Crippen molar-refractivity contribution >= 4 is 85.9 Å². The summed E-state index contributed by atoms with van der Waals surface area (Å²) in [7, 11) is -0.323. The van der Waals surface area contributed by atoms with Gasteiger partial charge in [-0.25, -0.2) is 48.9 Å². The van der Waals surface area contributed by atoms with Crippen LogP contribution in [0.1, 0.15) is 295 Å². The van der Waals surface area contributed by atoms with E-state index in [1.165, 1.54) is 36.2 Å². The van der Waals surface area contributed by atoms with Crippen molar-refractivity contribution in [2.24, 2.45) is 23.0 Å². The largest absolute Gasteiger partial charge is 0.486 e. The number of hydrogen-bond acceptors (Lipinski definition) is 34. The van der Waals surface area contributed by atoms with Crippen molar-refractivity contribution in [1.82, 2.24) is 74.8 Å². The zero-order valence-electron chi connectivity index (χ0n) is 85.2. The zero-order valence-corrected chi connectivity index (χ0v) is 85.2. The summed E-state index contributed by atoms with van der Waals surface area (Å²) in [6.07, 6.45) is 17.9. The number of aromatic amines is 2. The Labute approximate surface area is 805 Å². The number of nitrogens with two attached hydrogens (primary N) is 1. The maximum atomic E-state index is 14.0. The predicted molar refractivity (Wildman–Crippen MR) is 491 cm³/mol. The SMILES string of the molecule is CC(C)(C)OC(=O)Cn1cnc(CNC(=O)OC(C)(C)C)c1.CC(N)c1cnc[nH]1.CC(NC(=O)OC(C)(C)C)c1cn(CC(=O)OC(C)(C)C)cn1.CC(NC(=O)OC(C)(C)C)c1cnc[nH]1.Cc1c(CCB2O[C@@H]3C[C@@H]4C[C@@H](C4(C)C)[C@]3(C)O2)ccc(OC2CN(C(=O)C(NC(=O)OC(C)(C)C)c3cn(CC(=O)OC(C)(C)C)cn3)C2)c1C(=O)OC(C)(C)C.O=C=O.O=C=O.O=C=O.O=C=O. The fourth-order valence-electron chi connectivity index (χ4n) is 13.8. The second-order valence-corrected chi connectivity index (χ2v) is 41.2. The lowest BCUT2D eigenvalue weighted by molar-refractivity contribution is -0.199. The van der Waals surface area contributed by atoms with Crippen LogP contribution in [-0.2, 0) is 137 Å². The molecule has 4 unspecified atom stereocenters. The van der Waals surface area contributed by atoms with Crippen molar-refractivity contribution in [2.45, 2.75) is 353 Å². The number of esters is 4. The number of carbonyl (C=O) groups is 9. The molecule has 0 spiro atoms. The highest BCUT2D eigenvalue weighted by molar-refractivity contribution is 6.45. The summed E-state index contributed by atoms with van der Waals surface area (Å²) in [6, 6.07) is 2.17. The first-order chi connectivity index (χ1) is 63.4. The van der Waals surface area contributed by atoms with Crippen LogP contribution in [0.4, 0.5) is 19.2 Å². The van der Waals surface area contributed by atoms with Crippen LogP contribution >= 0.6 is 0 Å². The molecule has 5 aliphatic rings. The Balaban J connectivity index is 0.000000658. The summed E-state index contributed by atoms with van der Waals surface area (Å²) in [4.78, 5) is 204. The molecular weight excluding hydrogens is 1800 g/mol. The topological polar surface area (TPSA) is 580 Å².